The molecule has 124 valence electrons. The van der Waals surface area contributed by atoms with E-state index in [1.165, 1.54) is 11.3 Å². The molecule has 0 unspecified atom stereocenters. The Hall–Kier alpha value is -2.08. The van der Waals surface area contributed by atoms with Gasteiger partial charge in [-0.2, -0.15) is 0 Å². The lowest BCUT2D eigenvalue weighted by molar-refractivity contribution is 0.204. The number of hydrogen-bond donors (Lipinski definition) is 1. The molecule has 0 saturated carbocycles. The second kappa shape index (κ2) is 7.46. The van der Waals surface area contributed by atoms with Gasteiger partial charge in [-0.05, 0) is 17.7 Å². The summed E-state index contributed by atoms with van der Waals surface area (Å²) >= 11 is 1.53. The Labute approximate surface area is 141 Å². The zero-order valence-corrected chi connectivity index (χ0v) is 14.8. The number of ether oxygens (including phenoxy) is 1. The van der Waals surface area contributed by atoms with Crippen molar-refractivity contribution in [2.24, 2.45) is 0 Å². The maximum absolute atomic E-state index is 12.2. The van der Waals surface area contributed by atoms with E-state index in [-0.39, 0.29) is 11.4 Å². The Bertz CT molecular complexity index is 641. The summed E-state index contributed by atoms with van der Waals surface area (Å²) in [6.07, 6.45) is 0. The number of urea groups is 1. The Kier molecular flexibility index (Phi) is 5.60. The van der Waals surface area contributed by atoms with Gasteiger partial charge in [-0.25, -0.2) is 9.78 Å². The summed E-state index contributed by atoms with van der Waals surface area (Å²) in [4.78, 5) is 18.1. The quantitative estimate of drug-likeness (QED) is 0.883. The average molecular weight is 333 g/mol. The number of nitrogens with zero attached hydrogens (tertiary/aromatic N) is 2. The summed E-state index contributed by atoms with van der Waals surface area (Å²) in [5.74, 6) is 0.822. The molecule has 0 aliphatic heterocycles. The van der Waals surface area contributed by atoms with E-state index in [0.717, 1.165) is 17.0 Å². The molecule has 1 aromatic carbocycles. The van der Waals surface area contributed by atoms with Crippen LogP contribution in [-0.2, 0) is 12.0 Å². The Balaban J connectivity index is 1.93. The predicted molar refractivity (Wildman–Crippen MR) is 93.0 cm³/mol. The van der Waals surface area contributed by atoms with Gasteiger partial charge in [0, 0.05) is 24.4 Å². The number of aromatic nitrogens is 1. The van der Waals surface area contributed by atoms with Gasteiger partial charge in [-0.15, -0.1) is 11.3 Å². The summed E-state index contributed by atoms with van der Waals surface area (Å²) in [6.45, 7) is 5.25. The van der Waals surface area contributed by atoms with Gasteiger partial charge in [0.15, 0.2) is 0 Å². The second-order valence-electron chi connectivity index (χ2n) is 6.11. The highest BCUT2D eigenvalue weighted by molar-refractivity contribution is 7.07. The summed E-state index contributed by atoms with van der Waals surface area (Å²) < 4.78 is 5.27. The number of thiazole rings is 1. The smallest absolute Gasteiger partial charge is 0.317 e. The molecule has 0 radical (unpaired) electrons. The standard InChI is InChI=1S/C17H23N3O2S/c1-17(2,13-6-5-7-15(8-13)22-4)11-18-16(21)20(3)9-14-10-23-12-19-14/h5-8,10,12H,9,11H2,1-4H3,(H,18,21). The molecule has 2 amide bonds. The second-order valence-corrected chi connectivity index (χ2v) is 6.83. The fourth-order valence-electron chi connectivity index (χ4n) is 2.21. The molecule has 1 aromatic heterocycles. The average Bonchev–Trinajstić information content (AvgIpc) is 3.05. The van der Waals surface area contributed by atoms with Crippen LogP contribution in [0.5, 0.6) is 5.75 Å². The predicted octanol–water partition coefficient (Wildman–Crippen LogP) is 3.27. The number of hydrogen-bond acceptors (Lipinski definition) is 4. The van der Waals surface area contributed by atoms with Crippen LogP contribution in [-0.4, -0.2) is 36.6 Å². The van der Waals surface area contributed by atoms with E-state index in [4.69, 9.17) is 4.74 Å². The molecule has 0 fully saturated rings. The van der Waals surface area contributed by atoms with Crippen molar-refractivity contribution in [3.05, 3.63) is 46.4 Å². The number of nitrogens with one attached hydrogen (secondary N) is 1. The molecular formula is C17H23N3O2S. The van der Waals surface area contributed by atoms with Crippen molar-refractivity contribution in [2.75, 3.05) is 20.7 Å². The van der Waals surface area contributed by atoms with E-state index in [1.54, 1.807) is 24.6 Å². The maximum Gasteiger partial charge on any atom is 0.317 e. The molecule has 0 spiro atoms. The first kappa shape index (κ1) is 17.3. The number of carbonyl (C=O) groups is 1. The van der Waals surface area contributed by atoms with E-state index >= 15 is 0 Å². The zero-order valence-electron chi connectivity index (χ0n) is 14.0. The van der Waals surface area contributed by atoms with Gasteiger partial charge >= 0.3 is 6.03 Å². The lowest BCUT2D eigenvalue weighted by Gasteiger charge is -2.27. The Morgan fingerprint density at radius 2 is 2.22 bits per heavy atom. The van der Waals surface area contributed by atoms with Gasteiger partial charge in [0.05, 0.1) is 24.9 Å². The lowest BCUT2D eigenvalue weighted by Crippen LogP contribution is -2.42. The van der Waals surface area contributed by atoms with Crippen LogP contribution in [0.25, 0.3) is 0 Å². The van der Waals surface area contributed by atoms with Gasteiger partial charge in [-0.3, -0.25) is 0 Å². The van der Waals surface area contributed by atoms with Crippen LogP contribution in [0, 0.1) is 0 Å². The third kappa shape index (κ3) is 4.69. The van der Waals surface area contributed by atoms with Crippen LogP contribution in [0.2, 0.25) is 0 Å². The summed E-state index contributed by atoms with van der Waals surface area (Å²) in [7, 11) is 3.43. The number of benzene rings is 1. The number of rotatable bonds is 6. The van der Waals surface area contributed by atoms with Crippen molar-refractivity contribution < 1.29 is 9.53 Å². The van der Waals surface area contributed by atoms with Gasteiger partial charge < -0.3 is 15.0 Å². The molecular weight excluding hydrogens is 310 g/mol. The minimum atomic E-state index is -0.189. The Morgan fingerprint density at radius 3 is 2.87 bits per heavy atom. The van der Waals surface area contributed by atoms with Crippen LogP contribution in [0.1, 0.15) is 25.1 Å². The van der Waals surface area contributed by atoms with Crippen molar-refractivity contribution >= 4 is 17.4 Å². The number of carbonyl (C=O) groups excluding carboxylic acids is 1. The molecule has 0 aliphatic carbocycles. The van der Waals surface area contributed by atoms with E-state index in [0.29, 0.717) is 13.1 Å². The lowest BCUT2D eigenvalue weighted by atomic mass is 9.84. The van der Waals surface area contributed by atoms with Crippen LogP contribution >= 0.6 is 11.3 Å². The zero-order chi connectivity index (χ0) is 16.9. The van der Waals surface area contributed by atoms with Crippen LogP contribution < -0.4 is 10.1 Å². The third-order valence-electron chi connectivity index (χ3n) is 3.76. The van der Waals surface area contributed by atoms with Gasteiger partial charge in [-0.1, -0.05) is 26.0 Å². The first-order valence-electron chi connectivity index (χ1n) is 7.43. The molecule has 0 bridgehead atoms. The molecule has 1 heterocycles. The minimum absolute atomic E-state index is 0.103. The van der Waals surface area contributed by atoms with Crippen molar-refractivity contribution in [1.82, 2.24) is 15.2 Å². The topological polar surface area (TPSA) is 54.5 Å². The summed E-state index contributed by atoms with van der Waals surface area (Å²) in [6, 6.07) is 7.83. The van der Waals surface area contributed by atoms with E-state index < -0.39 is 0 Å². The molecule has 2 aromatic rings. The normalized spacial score (nSPS) is 11.1. The Morgan fingerprint density at radius 1 is 1.43 bits per heavy atom. The number of amides is 2. The maximum atomic E-state index is 12.2. The molecule has 2 rings (SSSR count). The monoisotopic (exact) mass is 333 g/mol. The first-order valence-corrected chi connectivity index (χ1v) is 8.37. The van der Waals surface area contributed by atoms with Crippen LogP contribution in [0.4, 0.5) is 4.79 Å². The molecule has 0 atom stereocenters. The number of methoxy groups -OCH3 is 1. The van der Waals surface area contributed by atoms with E-state index in [2.05, 4.69) is 24.1 Å². The van der Waals surface area contributed by atoms with E-state index in [9.17, 15) is 4.79 Å². The van der Waals surface area contributed by atoms with Crippen LogP contribution in [0.15, 0.2) is 35.2 Å². The fraction of sp³-hybridized carbons (Fsp3) is 0.412. The van der Waals surface area contributed by atoms with Crippen molar-refractivity contribution in [2.45, 2.75) is 25.8 Å². The molecule has 23 heavy (non-hydrogen) atoms. The fourth-order valence-corrected chi connectivity index (χ4v) is 2.76. The first-order chi connectivity index (χ1) is 10.9. The van der Waals surface area contributed by atoms with Gasteiger partial charge in [0.2, 0.25) is 0 Å². The molecule has 0 aliphatic rings. The highest BCUT2D eigenvalue weighted by atomic mass is 32.1. The van der Waals surface area contributed by atoms with Crippen molar-refractivity contribution in [1.29, 1.82) is 0 Å². The molecule has 0 saturated heterocycles. The van der Waals surface area contributed by atoms with Gasteiger partial charge in [0.25, 0.3) is 0 Å². The largest absolute Gasteiger partial charge is 0.497 e. The van der Waals surface area contributed by atoms with Gasteiger partial charge in [0.1, 0.15) is 5.75 Å². The minimum Gasteiger partial charge on any atom is -0.497 e. The third-order valence-corrected chi connectivity index (χ3v) is 4.40. The highest BCUT2D eigenvalue weighted by Crippen LogP contribution is 2.25. The molecule has 5 nitrogen and oxygen atoms in total. The summed E-state index contributed by atoms with van der Waals surface area (Å²) in [5, 5.41) is 4.94. The van der Waals surface area contributed by atoms with Crippen molar-refractivity contribution in [3.63, 3.8) is 0 Å². The SMILES string of the molecule is COc1cccc(C(C)(C)CNC(=O)N(C)Cc2cscn2)c1. The van der Waals surface area contributed by atoms with Crippen LogP contribution in [0.3, 0.4) is 0 Å². The van der Waals surface area contributed by atoms with E-state index in [1.807, 2.05) is 29.6 Å². The summed E-state index contributed by atoms with van der Waals surface area (Å²) in [5.41, 5.74) is 3.61. The molecule has 6 heteroatoms. The van der Waals surface area contributed by atoms with Crippen molar-refractivity contribution in [3.8, 4) is 5.75 Å². The highest BCUT2D eigenvalue weighted by Gasteiger charge is 2.23. The molecule has 1 N–H and O–H groups in total.